The minimum Gasteiger partial charge on any atom is -0.247 e. The van der Waals surface area contributed by atoms with Crippen LogP contribution >= 0.6 is 11.7 Å². The number of rotatable bonds is 7. The van der Waals surface area contributed by atoms with Gasteiger partial charge < -0.3 is 0 Å². The van der Waals surface area contributed by atoms with E-state index in [-0.39, 0.29) is 0 Å². The van der Waals surface area contributed by atoms with Gasteiger partial charge in [-0.15, -0.1) is 0 Å². The highest BCUT2D eigenvalue weighted by atomic mass is 32.1. The van der Waals surface area contributed by atoms with E-state index in [1.54, 1.807) is 0 Å². The van der Waals surface area contributed by atoms with Crippen LogP contribution in [0.1, 0.15) is 0 Å². The molecule has 276 valence electrons. The fourth-order valence-electron chi connectivity index (χ4n) is 7.85. The van der Waals surface area contributed by atoms with Crippen molar-refractivity contribution in [2.75, 3.05) is 0 Å². The molecule has 0 saturated carbocycles. The van der Waals surface area contributed by atoms with Crippen molar-refractivity contribution in [2.45, 2.75) is 0 Å². The highest BCUT2D eigenvalue weighted by Crippen LogP contribution is 2.38. The third kappa shape index (κ3) is 6.49. The number of pyridine rings is 1. The van der Waals surface area contributed by atoms with Gasteiger partial charge in [-0.05, 0) is 69.8 Å². The Morgan fingerprint density at radius 2 is 0.746 bits per heavy atom. The summed E-state index contributed by atoms with van der Waals surface area (Å²) in [6.07, 6.45) is 0. The smallest absolute Gasteiger partial charge is 0.164 e. The van der Waals surface area contributed by atoms with E-state index >= 15 is 0 Å². The fraction of sp³-hybridized carbons (Fsp3) is 0. The van der Waals surface area contributed by atoms with E-state index in [9.17, 15) is 0 Å². The molecule has 3 aromatic heterocycles. The molecule has 0 radical (unpaired) electrons. The van der Waals surface area contributed by atoms with E-state index in [0.29, 0.717) is 17.5 Å². The van der Waals surface area contributed by atoms with E-state index < -0.39 is 0 Å². The van der Waals surface area contributed by atoms with Gasteiger partial charge >= 0.3 is 0 Å². The summed E-state index contributed by atoms with van der Waals surface area (Å²) in [5.74, 6) is 1.83. The average Bonchev–Trinajstić information content (AvgIpc) is 3.81. The summed E-state index contributed by atoms with van der Waals surface area (Å²) >= 11 is 1.24. The van der Waals surface area contributed by atoms with Crippen LogP contribution in [-0.2, 0) is 0 Å². The molecule has 0 aliphatic heterocycles. The zero-order valence-corrected chi connectivity index (χ0v) is 32.4. The summed E-state index contributed by atoms with van der Waals surface area (Å²) in [5, 5.41) is 3.19. The summed E-state index contributed by atoms with van der Waals surface area (Å²) in [4.78, 5) is 20.6. The predicted molar refractivity (Wildman–Crippen MR) is 242 cm³/mol. The number of benzene rings is 8. The third-order valence-corrected chi connectivity index (χ3v) is 11.3. The Morgan fingerprint density at radius 3 is 1.36 bits per heavy atom. The molecule has 0 aliphatic rings. The second kappa shape index (κ2) is 14.6. The fourth-order valence-corrected chi connectivity index (χ4v) is 8.39. The largest absolute Gasteiger partial charge is 0.247 e. The zero-order chi connectivity index (χ0) is 39.1. The molecular weight excluding hydrogens is 741 g/mol. The molecule has 6 nitrogen and oxygen atoms in total. The SMILES string of the molecule is c1ccc(-c2cc(-c3ccccc3)cc(-c3nc(-c4ccccc4)nc(-c4ccc(-c5ccc6c(c5)nc(-c5ccccc5)c5ccc7nsnc7c56)cc4)n3)c2)cc1. The monoisotopic (exact) mass is 772 g/mol. The lowest BCUT2D eigenvalue weighted by molar-refractivity contribution is 1.07. The number of nitrogens with zero attached hydrogens (tertiary/aromatic N) is 6. The van der Waals surface area contributed by atoms with Crippen molar-refractivity contribution in [1.29, 1.82) is 0 Å². The van der Waals surface area contributed by atoms with Crippen LogP contribution < -0.4 is 0 Å². The summed E-state index contributed by atoms with van der Waals surface area (Å²) in [6.45, 7) is 0. The van der Waals surface area contributed by atoms with Crippen LogP contribution in [0.2, 0.25) is 0 Å². The van der Waals surface area contributed by atoms with E-state index in [0.717, 1.165) is 94.0 Å². The summed E-state index contributed by atoms with van der Waals surface area (Å²) in [7, 11) is 0. The Morgan fingerprint density at radius 1 is 0.288 bits per heavy atom. The van der Waals surface area contributed by atoms with Crippen LogP contribution in [0, 0.1) is 0 Å². The Balaban J connectivity index is 1.02. The van der Waals surface area contributed by atoms with Gasteiger partial charge in [-0.1, -0.05) is 158 Å². The molecule has 0 N–H and O–H groups in total. The van der Waals surface area contributed by atoms with Crippen LogP contribution in [0.15, 0.2) is 194 Å². The molecule has 0 aliphatic carbocycles. The minimum absolute atomic E-state index is 0.604. The molecule has 0 atom stereocenters. The van der Waals surface area contributed by atoms with Crippen molar-refractivity contribution in [3.05, 3.63) is 194 Å². The van der Waals surface area contributed by atoms with Crippen LogP contribution in [0.3, 0.4) is 0 Å². The molecule has 0 saturated heterocycles. The molecular formula is C52H32N6S. The van der Waals surface area contributed by atoms with Gasteiger partial charge in [0.2, 0.25) is 0 Å². The van der Waals surface area contributed by atoms with E-state index in [1.165, 1.54) is 11.7 Å². The van der Waals surface area contributed by atoms with Crippen molar-refractivity contribution in [2.24, 2.45) is 0 Å². The van der Waals surface area contributed by atoms with Crippen LogP contribution in [0.25, 0.3) is 112 Å². The van der Waals surface area contributed by atoms with E-state index in [1.807, 2.05) is 54.6 Å². The first-order chi connectivity index (χ1) is 29.2. The van der Waals surface area contributed by atoms with Gasteiger partial charge in [0.1, 0.15) is 11.0 Å². The Hall–Kier alpha value is -7.74. The maximum atomic E-state index is 5.27. The molecule has 0 unspecified atom stereocenters. The first-order valence-corrected chi connectivity index (χ1v) is 20.2. The highest BCUT2D eigenvalue weighted by molar-refractivity contribution is 7.00. The lowest BCUT2D eigenvalue weighted by Crippen LogP contribution is -2.00. The zero-order valence-electron chi connectivity index (χ0n) is 31.6. The topological polar surface area (TPSA) is 77.3 Å². The Labute approximate surface area is 344 Å². The van der Waals surface area contributed by atoms with Crippen molar-refractivity contribution >= 4 is 44.4 Å². The number of hydrogen-bond acceptors (Lipinski definition) is 7. The maximum absolute atomic E-state index is 5.27. The number of aromatic nitrogens is 6. The van der Waals surface area contributed by atoms with Gasteiger partial charge in [-0.25, -0.2) is 19.9 Å². The second-order valence-electron chi connectivity index (χ2n) is 14.5. The van der Waals surface area contributed by atoms with Crippen LogP contribution in [0.4, 0.5) is 0 Å². The highest BCUT2D eigenvalue weighted by Gasteiger charge is 2.18. The van der Waals surface area contributed by atoms with Gasteiger partial charge in [-0.2, -0.15) is 8.75 Å². The van der Waals surface area contributed by atoms with Gasteiger partial charge in [0, 0.05) is 38.4 Å². The van der Waals surface area contributed by atoms with Gasteiger partial charge in [-0.3, -0.25) is 0 Å². The van der Waals surface area contributed by atoms with Gasteiger partial charge in [0.25, 0.3) is 0 Å². The summed E-state index contributed by atoms with van der Waals surface area (Å²) < 4.78 is 9.27. The van der Waals surface area contributed by atoms with Crippen LogP contribution in [-0.4, -0.2) is 28.7 Å². The first kappa shape index (κ1) is 34.5. The summed E-state index contributed by atoms with van der Waals surface area (Å²) in [5.41, 5.74) is 14.0. The van der Waals surface area contributed by atoms with E-state index in [4.69, 9.17) is 24.3 Å². The minimum atomic E-state index is 0.604. The molecule has 7 heteroatoms. The Kier molecular flexibility index (Phi) is 8.56. The van der Waals surface area contributed by atoms with Gasteiger partial charge in [0.15, 0.2) is 17.5 Å². The molecule has 0 spiro atoms. The number of hydrogen-bond donors (Lipinski definition) is 0. The van der Waals surface area contributed by atoms with Crippen molar-refractivity contribution in [3.8, 4) is 78.8 Å². The molecule has 11 aromatic rings. The molecule has 59 heavy (non-hydrogen) atoms. The molecule has 0 bridgehead atoms. The van der Waals surface area contributed by atoms with Crippen molar-refractivity contribution < 1.29 is 0 Å². The molecule has 0 amide bonds. The number of fused-ring (bicyclic) bond motifs is 5. The third-order valence-electron chi connectivity index (χ3n) is 10.8. The van der Waals surface area contributed by atoms with E-state index in [2.05, 4.69) is 144 Å². The molecule has 8 aromatic carbocycles. The van der Waals surface area contributed by atoms with Crippen LogP contribution in [0.5, 0.6) is 0 Å². The first-order valence-electron chi connectivity index (χ1n) is 19.4. The molecule has 3 heterocycles. The Bertz CT molecular complexity index is 3240. The average molecular weight is 773 g/mol. The standard InChI is InChI=1S/C52H32N6S/c1-5-13-33(14-6-1)40-29-41(34-15-7-2-8-16-34)31-42(30-40)52-55-50(37-19-11-4-12-20-37)54-51(56-52)38-23-21-35(22-24-38)39-25-26-43-46(32-39)53-48(36-17-9-3-10-18-36)44-27-28-45-49(47(43)44)58-59-57-45/h1-32H. The van der Waals surface area contributed by atoms with Crippen molar-refractivity contribution in [1.82, 2.24) is 28.7 Å². The lowest BCUT2D eigenvalue weighted by atomic mass is 9.95. The lowest BCUT2D eigenvalue weighted by Gasteiger charge is -2.13. The summed E-state index contributed by atoms with van der Waals surface area (Å²) in [6, 6.07) is 67.1. The quantitative estimate of drug-likeness (QED) is 0.150. The molecule has 11 rings (SSSR count). The predicted octanol–water partition coefficient (Wildman–Crippen LogP) is 13.2. The van der Waals surface area contributed by atoms with Gasteiger partial charge in [0.05, 0.1) is 22.9 Å². The normalized spacial score (nSPS) is 11.4. The second-order valence-corrected chi connectivity index (χ2v) is 15.0. The molecule has 0 fully saturated rings. The maximum Gasteiger partial charge on any atom is 0.164 e. The van der Waals surface area contributed by atoms with Crippen molar-refractivity contribution in [3.63, 3.8) is 0 Å².